The van der Waals surface area contributed by atoms with Crippen LogP contribution in [0.15, 0.2) is 36.4 Å². The number of aryl methyl sites for hydroxylation is 2. The number of carbonyl (C=O) groups excluding carboxylic acids is 1. The normalized spacial score (nSPS) is 14.4. The van der Waals surface area contributed by atoms with E-state index in [2.05, 4.69) is 12.1 Å². The van der Waals surface area contributed by atoms with E-state index in [9.17, 15) is 18.8 Å². The lowest BCUT2D eigenvalue weighted by Gasteiger charge is -2.24. The number of halogens is 2. The van der Waals surface area contributed by atoms with Gasteiger partial charge in [0.1, 0.15) is 29.1 Å². The summed E-state index contributed by atoms with van der Waals surface area (Å²) < 4.78 is 28.1. The van der Waals surface area contributed by atoms with Crippen LogP contribution < -0.4 is 4.90 Å². The van der Waals surface area contributed by atoms with E-state index < -0.39 is 23.1 Å². The van der Waals surface area contributed by atoms with Crippen molar-refractivity contribution in [1.29, 1.82) is 5.26 Å². The zero-order valence-corrected chi connectivity index (χ0v) is 17.5. The number of pyridine rings is 1. The summed E-state index contributed by atoms with van der Waals surface area (Å²) in [4.78, 5) is 21.0. The molecule has 1 amide bonds. The summed E-state index contributed by atoms with van der Waals surface area (Å²) in [6.07, 6.45) is 0.596. The number of benzene rings is 2. The summed E-state index contributed by atoms with van der Waals surface area (Å²) in [6, 6.07) is 11.6. The van der Waals surface area contributed by atoms with Gasteiger partial charge in [-0.15, -0.1) is 0 Å². The van der Waals surface area contributed by atoms with Crippen LogP contribution in [0.3, 0.4) is 0 Å². The Labute approximate surface area is 179 Å². The molecule has 3 aromatic rings. The summed E-state index contributed by atoms with van der Waals surface area (Å²) in [6.45, 7) is 5.65. The van der Waals surface area contributed by atoms with Gasteiger partial charge in [-0.05, 0) is 55.7 Å². The summed E-state index contributed by atoms with van der Waals surface area (Å²) in [5, 5.41) is 10.6. The number of rotatable bonds is 2. The minimum absolute atomic E-state index is 0.282. The third-order valence-electron chi connectivity index (χ3n) is 5.65. The minimum Gasteiger partial charge on any atom is -0.354 e. The summed E-state index contributed by atoms with van der Waals surface area (Å²) in [5.41, 5.74) is 2.91. The van der Waals surface area contributed by atoms with Crippen molar-refractivity contribution in [3.05, 3.63) is 70.3 Å². The molecule has 0 spiro atoms. The standard InChI is InChI=1S/C24H22F2N4O/c1-15-11-16(2)18-13-17(14-27)23(28-21(18)12-15)29-7-4-8-30(10-9-29)24(31)22-19(25)5-3-6-20(22)26/h3,5-6,11-13H,4,7-10H2,1-2H3. The molecule has 1 saturated heterocycles. The van der Waals surface area contributed by atoms with Crippen LogP contribution in [0.1, 0.15) is 33.5 Å². The van der Waals surface area contributed by atoms with Crippen molar-refractivity contribution in [2.75, 3.05) is 31.1 Å². The van der Waals surface area contributed by atoms with Gasteiger partial charge in [0.05, 0.1) is 11.1 Å². The Bertz CT molecular complexity index is 1200. The van der Waals surface area contributed by atoms with E-state index >= 15 is 0 Å². The lowest BCUT2D eigenvalue weighted by atomic mass is 10.0. The number of nitriles is 1. The highest BCUT2D eigenvalue weighted by atomic mass is 19.1. The highest BCUT2D eigenvalue weighted by molar-refractivity contribution is 5.95. The third kappa shape index (κ3) is 3.93. The van der Waals surface area contributed by atoms with E-state index in [4.69, 9.17) is 4.98 Å². The second-order valence-corrected chi connectivity index (χ2v) is 7.85. The zero-order valence-electron chi connectivity index (χ0n) is 17.5. The molecule has 0 aliphatic carbocycles. The van der Waals surface area contributed by atoms with Crippen LogP contribution in [0.4, 0.5) is 14.6 Å². The van der Waals surface area contributed by atoms with Crippen LogP contribution in [0.25, 0.3) is 10.9 Å². The molecule has 4 rings (SSSR count). The molecule has 0 atom stereocenters. The number of hydrogen-bond acceptors (Lipinski definition) is 4. The van der Waals surface area contributed by atoms with Crippen molar-refractivity contribution < 1.29 is 13.6 Å². The van der Waals surface area contributed by atoms with E-state index in [1.54, 1.807) is 0 Å². The van der Waals surface area contributed by atoms with Gasteiger partial charge in [-0.3, -0.25) is 4.79 Å². The first kappa shape index (κ1) is 20.7. The fourth-order valence-corrected chi connectivity index (χ4v) is 4.14. The number of aromatic nitrogens is 1. The van der Waals surface area contributed by atoms with Gasteiger partial charge in [-0.25, -0.2) is 13.8 Å². The molecule has 1 aliphatic heterocycles. The Morgan fingerprint density at radius 1 is 1.06 bits per heavy atom. The quantitative estimate of drug-likeness (QED) is 0.618. The van der Waals surface area contributed by atoms with Crippen molar-refractivity contribution in [3.8, 4) is 6.07 Å². The van der Waals surface area contributed by atoms with Gasteiger partial charge in [0.25, 0.3) is 5.91 Å². The number of hydrogen-bond donors (Lipinski definition) is 0. The summed E-state index contributed by atoms with van der Waals surface area (Å²) in [5.74, 6) is -1.80. The van der Waals surface area contributed by atoms with Crippen molar-refractivity contribution in [2.45, 2.75) is 20.3 Å². The number of carbonyl (C=O) groups is 1. The Balaban J connectivity index is 1.62. The van der Waals surface area contributed by atoms with Crippen LogP contribution in [-0.4, -0.2) is 42.0 Å². The average molecular weight is 420 g/mol. The molecular weight excluding hydrogens is 398 g/mol. The van der Waals surface area contributed by atoms with Crippen molar-refractivity contribution >= 4 is 22.6 Å². The first-order chi connectivity index (χ1) is 14.9. The van der Waals surface area contributed by atoms with Crippen LogP contribution in [0.2, 0.25) is 0 Å². The smallest absolute Gasteiger partial charge is 0.259 e. The highest BCUT2D eigenvalue weighted by Crippen LogP contribution is 2.27. The SMILES string of the molecule is Cc1cc(C)c2cc(C#N)c(N3CCCN(C(=O)c4c(F)cccc4F)CC3)nc2c1. The van der Waals surface area contributed by atoms with E-state index in [-0.39, 0.29) is 6.54 Å². The third-order valence-corrected chi connectivity index (χ3v) is 5.65. The fraction of sp³-hybridized carbons (Fsp3) is 0.292. The maximum absolute atomic E-state index is 14.1. The predicted molar refractivity (Wildman–Crippen MR) is 115 cm³/mol. The lowest BCUT2D eigenvalue weighted by Crippen LogP contribution is -2.36. The topological polar surface area (TPSA) is 60.2 Å². The highest BCUT2D eigenvalue weighted by Gasteiger charge is 2.26. The van der Waals surface area contributed by atoms with Crippen LogP contribution in [-0.2, 0) is 0 Å². The maximum Gasteiger partial charge on any atom is 0.259 e. The molecular formula is C24H22F2N4O. The van der Waals surface area contributed by atoms with Crippen molar-refractivity contribution in [2.24, 2.45) is 0 Å². The van der Waals surface area contributed by atoms with Gasteiger partial charge in [0.2, 0.25) is 0 Å². The molecule has 0 unspecified atom stereocenters. The van der Waals surface area contributed by atoms with Crippen LogP contribution >= 0.6 is 0 Å². The van der Waals surface area contributed by atoms with E-state index in [1.165, 1.54) is 11.0 Å². The molecule has 158 valence electrons. The zero-order chi connectivity index (χ0) is 22.1. The molecule has 5 nitrogen and oxygen atoms in total. The maximum atomic E-state index is 14.1. The number of anilines is 1. The largest absolute Gasteiger partial charge is 0.354 e. The van der Waals surface area contributed by atoms with Gasteiger partial charge in [-0.1, -0.05) is 12.1 Å². The predicted octanol–water partition coefficient (Wildman–Crippen LogP) is 4.35. The molecule has 1 fully saturated rings. The van der Waals surface area contributed by atoms with Gasteiger partial charge >= 0.3 is 0 Å². The Hall–Kier alpha value is -3.53. The molecule has 0 bridgehead atoms. The fourth-order valence-electron chi connectivity index (χ4n) is 4.14. The first-order valence-electron chi connectivity index (χ1n) is 10.2. The van der Waals surface area contributed by atoms with E-state index in [1.807, 2.05) is 30.9 Å². The van der Waals surface area contributed by atoms with Crippen LogP contribution in [0.5, 0.6) is 0 Å². The Morgan fingerprint density at radius 2 is 1.81 bits per heavy atom. The van der Waals surface area contributed by atoms with E-state index in [0.29, 0.717) is 37.4 Å². The second kappa shape index (κ2) is 8.31. The van der Waals surface area contributed by atoms with Gasteiger partial charge in [0.15, 0.2) is 0 Å². The molecule has 31 heavy (non-hydrogen) atoms. The molecule has 0 N–H and O–H groups in total. The van der Waals surface area contributed by atoms with Crippen molar-refractivity contribution in [1.82, 2.24) is 9.88 Å². The summed E-state index contributed by atoms with van der Waals surface area (Å²) >= 11 is 0. The second-order valence-electron chi connectivity index (χ2n) is 7.85. The van der Waals surface area contributed by atoms with Crippen molar-refractivity contribution in [3.63, 3.8) is 0 Å². The molecule has 2 aromatic carbocycles. The van der Waals surface area contributed by atoms with Gasteiger partial charge in [-0.2, -0.15) is 5.26 Å². The summed E-state index contributed by atoms with van der Waals surface area (Å²) in [7, 11) is 0. The van der Waals surface area contributed by atoms with Gasteiger partial charge < -0.3 is 9.80 Å². The Kier molecular flexibility index (Phi) is 5.55. The van der Waals surface area contributed by atoms with E-state index in [0.717, 1.165) is 34.2 Å². The average Bonchev–Trinajstić information content (AvgIpc) is 2.99. The first-order valence-corrected chi connectivity index (χ1v) is 10.2. The molecule has 0 radical (unpaired) electrons. The number of nitrogens with zero attached hydrogens (tertiary/aromatic N) is 4. The monoisotopic (exact) mass is 420 g/mol. The molecule has 7 heteroatoms. The van der Waals surface area contributed by atoms with Crippen LogP contribution in [0, 0.1) is 36.8 Å². The van der Waals surface area contributed by atoms with Gasteiger partial charge in [0, 0.05) is 31.6 Å². The number of amides is 1. The Morgan fingerprint density at radius 3 is 2.52 bits per heavy atom. The molecule has 2 heterocycles. The molecule has 0 saturated carbocycles. The molecule has 1 aromatic heterocycles. The minimum atomic E-state index is -0.861. The lowest BCUT2D eigenvalue weighted by molar-refractivity contribution is 0.0757. The number of fused-ring (bicyclic) bond motifs is 1. The molecule has 1 aliphatic rings.